The van der Waals surface area contributed by atoms with Crippen molar-refractivity contribution in [1.29, 1.82) is 0 Å². The molecule has 0 saturated carbocycles. The van der Waals surface area contributed by atoms with Gasteiger partial charge in [-0.25, -0.2) is 8.78 Å². The van der Waals surface area contributed by atoms with Gasteiger partial charge in [0.15, 0.2) is 11.6 Å². The molecule has 1 nitrogen and oxygen atoms in total. The standard InChI is InChI=1S/C30H23F5O/c1-2-3-4-5-20-6-10-22(11-7-20)24-15-16-26-25(19-24)14-13-23(29(26)32)12-8-21-9-17-28(27(31)18-21)36-30(33,34)35/h6-7,9-11,13-19H,2-5H2,1H3. The van der Waals surface area contributed by atoms with Crippen molar-refractivity contribution in [2.24, 2.45) is 0 Å². The maximum Gasteiger partial charge on any atom is 0.573 e. The molecule has 0 fully saturated rings. The molecule has 0 bridgehead atoms. The normalized spacial score (nSPS) is 11.3. The topological polar surface area (TPSA) is 9.23 Å². The van der Waals surface area contributed by atoms with E-state index in [2.05, 4.69) is 47.8 Å². The van der Waals surface area contributed by atoms with Gasteiger partial charge in [0.25, 0.3) is 0 Å². The highest BCUT2D eigenvalue weighted by molar-refractivity contribution is 5.89. The zero-order chi connectivity index (χ0) is 25.7. The summed E-state index contributed by atoms with van der Waals surface area (Å²) in [6.45, 7) is 2.18. The van der Waals surface area contributed by atoms with Crippen LogP contribution in [-0.2, 0) is 6.42 Å². The van der Waals surface area contributed by atoms with Crippen LogP contribution in [0.3, 0.4) is 0 Å². The lowest BCUT2D eigenvalue weighted by atomic mass is 9.98. The molecule has 0 radical (unpaired) electrons. The van der Waals surface area contributed by atoms with E-state index in [9.17, 15) is 17.6 Å². The number of benzene rings is 4. The smallest absolute Gasteiger partial charge is 0.403 e. The second-order valence-corrected chi connectivity index (χ2v) is 8.46. The molecule has 0 aliphatic carbocycles. The first-order chi connectivity index (χ1) is 17.2. The maximum absolute atomic E-state index is 15.1. The molecule has 36 heavy (non-hydrogen) atoms. The number of halogens is 5. The van der Waals surface area contributed by atoms with Gasteiger partial charge >= 0.3 is 6.36 Å². The largest absolute Gasteiger partial charge is 0.573 e. The van der Waals surface area contributed by atoms with E-state index in [1.165, 1.54) is 37.0 Å². The van der Waals surface area contributed by atoms with Crippen LogP contribution in [0.5, 0.6) is 5.75 Å². The Hall–Kier alpha value is -3.85. The highest BCUT2D eigenvalue weighted by Crippen LogP contribution is 2.29. The molecule has 6 heteroatoms. The van der Waals surface area contributed by atoms with Gasteiger partial charge in [-0.1, -0.05) is 74.1 Å². The molecule has 4 rings (SSSR count). The first-order valence-corrected chi connectivity index (χ1v) is 11.6. The average molecular weight is 495 g/mol. The molecule has 0 aromatic heterocycles. The maximum atomic E-state index is 15.1. The highest BCUT2D eigenvalue weighted by atomic mass is 19.4. The molecule has 4 aromatic carbocycles. The van der Waals surface area contributed by atoms with Gasteiger partial charge in [0, 0.05) is 10.9 Å². The average Bonchev–Trinajstić information content (AvgIpc) is 2.85. The molecule has 0 aliphatic heterocycles. The Kier molecular flexibility index (Phi) is 7.59. The van der Waals surface area contributed by atoms with Crippen LogP contribution in [0.2, 0.25) is 0 Å². The van der Waals surface area contributed by atoms with Crippen molar-refractivity contribution in [2.75, 3.05) is 0 Å². The lowest BCUT2D eigenvalue weighted by Crippen LogP contribution is -2.17. The fourth-order valence-electron chi connectivity index (χ4n) is 3.94. The molecule has 4 aromatic rings. The third kappa shape index (κ3) is 6.23. The van der Waals surface area contributed by atoms with Gasteiger partial charge in [-0.05, 0) is 65.3 Å². The summed E-state index contributed by atoms with van der Waals surface area (Å²) in [5.74, 6) is 2.55. The summed E-state index contributed by atoms with van der Waals surface area (Å²) < 4.78 is 69.5. The summed E-state index contributed by atoms with van der Waals surface area (Å²) in [5.41, 5.74) is 3.50. The van der Waals surface area contributed by atoms with E-state index < -0.39 is 23.7 Å². The molecular formula is C30H23F5O. The molecule has 184 valence electrons. The van der Waals surface area contributed by atoms with Gasteiger partial charge in [-0.15, -0.1) is 13.2 Å². The lowest BCUT2D eigenvalue weighted by molar-refractivity contribution is -0.275. The van der Waals surface area contributed by atoms with Crippen molar-refractivity contribution >= 4 is 10.8 Å². The molecule has 0 aliphatic rings. The van der Waals surface area contributed by atoms with Gasteiger partial charge in [-0.3, -0.25) is 0 Å². The van der Waals surface area contributed by atoms with Crippen LogP contribution in [-0.4, -0.2) is 6.36 Å². The van der Waals surface area contributed by atoms with Gasteiger partial charge in [0.05, 0.1) is 5.56 Å². The Labute approximate surface area is 206 Å². The minimum atomic E-state index is -5.00. The van der Waals surface area contributed by atoms with Gasteiger partial charge < -0.3 is 4.74 Å². The number of alkyl halides is 3. The summed E-state index contributed by atoms with van der Waals surface area (Å²) in [6, 6.07) is 20.0. The highest BCUT2D eigenvalue weighted by Gasteiger charge is 2.32. The van der Waals surface area contributed by atoms with Crippen LogP contribution in [0.4, 0.5) is 22.0 Å². The van der Waals surface area contributed by atoms with Crippen LogP contribution in [0.1, 0.15) is 42.9 Å². The quantitative estimate of drug-likeness (QED) is 0.148. The Bertz CT molecular complexity index is 1430. The Morgan fingerprint density at radius 1 is 0.778 bits per heavy atom. The number of unbranched alkanes of at least 4 members (excludes halogenated alkanes) is 2. The second kappa shape index (κ2) is 10.8. The van der Waals surface area contributed by atoms with Crippen LogP contribution >= 0.6 is 0 Å². The number of aryl methyl sites for hydroxylation is 1. The summed E-state index contributed by atoms with van der Waals surface area (Å²) in [6.07, 6.45) is -0.377. The van der Waals surface area contributed by atoms with Crippen molar-refractivity contribution in [1.82, 2.24) is 0 Å². The summed E-state index contributed by atoms with van der Waals surface area (Å²) in [4.78, 5) is 0. The van der Waals surface area contributed by atoms with Crippen molar-refractivity contribution in [3.05, 3.63) is 101 Å². The molecular weight excluding hydrogens is 471 g/mol. The molecule has 0 unspecified atom stereocenters. The first kappa shape index (κ1) is 25.2. The third-order valence-electron chi connectivity index (χ3n) is 5.81. The van der Waals surface area contributed by atoms with E-state index in [1.807, 2.05) is 12.1 Å². The lowest BCUT2D eigenvalue weighted by Gasteiger charge is -2.09. The number of ether oxygens (including phenoxy) is 1. The number of hydrogen-bond donors (Lipinski definition) is 0. The molecule has 0 amide bonds. The Morgan fingerprint density at radius 2 is 1.53 bits per heavy atom. The fraction of sp³-hybridized carbons (Fsp3) is 0.200. The Morgan fingerprint density at radius 3 is 2.22 bits per heavy atom. The number of hydrogen-bond acceptors (Lipinski definition) is 1. The monoisotopic (exact) mass is 494 g/mol. The summed E-state index contributed by atoms with van der Waals surface area (Å²) >= 11 is 0. The van der Waals surface area contributed by atoms with Crippen molar-refractivity contribution in [3.8, 4) is 28.7 Å². The van der Waals surface area contributed by atoms with Crippen LogP contribution in [0.15, 0.2) is 72.8 Å². The number of fused-ring (bicyclic) bond motifs is 1. The minimum absolute atomic E-state index is 0.0926. The zero-order valence-electron chi connectivity index (χ0n) is 19.6. The minimum Gasteiger partial charge on any atom is -0.403 e. The molecule has 0 saturated heterocycles. The van der Waals surface area contributed by atoms with E-state index >= 15 is 4.39 Å². The van der Waals surface area contributed by atoms with Crippen molar-refractivity contribution < 1.29 is 26.7 Å². The Balaban J connectivity index is 1.54. The molecule has 0 N–H and O–H groups in total. The van der Waals surface area contributed by atoms with Crippen molar-refractivity contribution in [2.45, 2.75) is 39.0 Å². The first-order valence-electron chi connectivity index (χ1n) is 11.6. The van der Waals surface area contributed by atoms with Gasteiger partial charge in [0.2, 0.25) is 0 Å². The van der Waals surface area contributed by atoms with E-state index in [1.54, 1.807) is 12.1 Å². The van der Waals surface area contributed by atoms with Gasteiger partial charge in [0.1, 0.15) is 5.82 Å². The fourth-order valence-corrected chi connectivity index (χ4v) is 3.94. The predicted octanol–water partition coefficient (Wildman–Crippen LogP) is 8.82. The molecule has 0 atom stereocenters. The molecule has 0 spiro atoms. The van der Waals surface area contributed by atoms with E-state index in [0.29, 0.717) is 10.8 Å². The van der Waals surface area contributed by atoms with Crippen LogP contribution < -0.4 is 4.74 Å². The SMILES string of the molecule is CCCCCc1ccc(-c2ccc3c(F)c(C#Cc4ccc(OC(F)(F)F)c(F)c4)ccc3c2)cc1. The zero-order valence-corrected chi connectivity index (χ0v) is 19.6. The van der Waals surface area contributed by atoms with Gasteiger partial charge in [-0.2, -0.15) is 0 Å². The van der Waals surface area contributed by atoms with Crippen molar-refractivity contribution in [3.63, 3.8) is 0 Å². The summed E-state index contributed by atoms with van der Waals surface area (Å²) in [7, 11) is 0. The van der Waals surface area contributed by atoms with Crippen LogP contribution in [0, 0.1) is 23.5 Å². The molecule has 0 heterocycles. The third-order valence-corrected chi connectivity index (χ3v) is 5.81. The van der Waals surface area contributed by atoms with E-state index in [0.717, 1.165) is 29.7 Å². The van der Waals surface area contributed by atoms with E-state index in [-0.39, 0.29) is 11.1 Å². The number of rotatable bonds is 6. The summed E-state index contributed by atoms with van der Waals surface area (Å²) in [5, 5.41) is 1.10. The van der Waals surface area contributed by atoms with E-state index in [4.69, 9.17) is 0 Å². The van der Waals surface area contributed by atoms with Crippen LogP contribution in [0.25, 0.3) is 21.9 Å². The predicted molar refractivity (Wildman–Crippen MR) is 132 cm³/mol. The second-order valence-electron chi connectivity index (χ2n) is 8.46.